The third kappa shape index (κ3) is 2.52. The molecule has 16 heavy (non-hydrogen) atoms. The lowest BCUT2D eigenvalue weighted by Crippen LogP contribution is -2.53. The van der Waals surface area contributed by atoms with E-state index in [1.807, 2.05) is 24.3 Å². The van der Waals surface area contributed by atoms with Crippen molar-refractivity contribution in [2.75, 3.05) is 18.8 Å². The minimum absolute atomic E-state index is 0.104. The molecule has 0 bridgehead atoms. The van der Waals surface area contributed by atoms with Crippen LogP contribution < -0.4 is 5.73 Å². The SMILES string of the molecule is Nc1cccc(CCC(=O)N2CC(O)C2)c1. The first-order valence-electron chi connectivity index (χ1n) is 5.45. The van der Waals surface area contributed by atoms with Gasteiger partial charge in [0.1, 0.15) is 0 Å². The molecule has 1 fully saturated rings. The van der Waals surface area contributed by atoms with Gasteiger partial charge in [-0.1, -0.05) is 12.1 Å². The van der Waals surface area contributed by atoms with Crippen LogP contribution in [0.5, 0.6) is 0 Å². The summed E-state index contributed by atoms with van der Waals surface area (Å²) in [6, 6.07) is 7.58. The van der Waals surface area contributed by atoms with Gasteiger partial charge in [-0.25, -0.2) is 0 Å². The highest BCUT2D eigenvalue weighted by molar-refractivity contribution is 5.77. The highest BCUT2D eigenvalue weighted by Gasteiger charge is 2.27. The van der Waals surface area contributed by atoms with Crippen molar-refractivity contribution in [3.8, 4) is 0 Å². The van der Waals surface area contributed by atoms with Crippen LogP contribution in [0.25, 0.3) is 0 Å². The summed E-state index contributed by atoms with van der Waals surface area (Å²) in [5.41, 5.74) is 7.46. The average Bonchev–Trinajstić information content (AvgIpc) is 2.22. The maximum Gasteiger partial charge on any atom is 0.223 e. The Morgan fingerprint density at radius 1 is 1.50 bits per heavy atom. The van der Waals surface area contributed by atoms with E-state index in [9.17, 15) is 4.79 Å². The lowest BCUT2D eigenvalue weighted by atomic mass is 10.1. The molecule has 86 valence electrons. The van der Waals surface area contributed by atoms with Crippen LogP contribution in [0, 0.1) is 0 Å². The lowest BCUT2D eigenvalue weighted by Gasteiger charge is -2.35. The normalized spacial score (nSPS) is 15.9. The quantitative estimate of drug-likeness (QED) is 0.725. The van der Waals surface area contributed by atoms with E-state index in [2.05, 4.69) is 0 Å². The number of aliphatic hydroxyl groups excluding tert-OH is 1. The van der Waals surface area contributed by atoms with Crippen LogP contribution in [0.4, 0.5) is 5.69 Å². The fraction of sp³-hybridized carbons (Fsp3) is 0.417. The molecule has 1 saturated heterocycles. The number of anilines is 1. The number of carbonyl (C=O) groups excluding carboxylic acids is 1. The second-order valence-electron chi connectivity index (χ2n) is 4.20. The molecule has 0 unspecified atom stereocenters. The number of β-amino-alcohol motifs (C(OH)–C–C–N with tert-alkyl or cyclic N) is 1. The van der Waals surface area contributed by atoms with E-state index < -0.39 is 0 Å². The van der Waals surface area contributed by atoms with E-state index in [1.54, 1.807) is 4.90 Å². The van der Waals surface area contributed by atoms with Crippen molar-refractivity contribution in [3.05, 3.63) is 29.8 Å². The molecule has 1 aliphatic heterocycles. The summed E-state index contributed by atoms with van der Waals surface area (Å²) < 4.78 is 0. The van der Waals surface area contributed by atoms with E-state index in [-0.39, 0.29) is 12.0 Å². The number of rotatable bonds is 3. The van der Waals surface area contributed by atoms with Crippen molar-refractivity contribution in [1.29, 1.82) is 0 Å². The van der Waals surface area contributed by atoms with Crippen LogP contribution in [0.15, 0.2) is 24.3 Å². The molecule has 3 N–H and O–H groups in total. The molecule has 1 heterocycles. The Hall–Kier alpha value is -1.55. The Bertz CT molecular complexity index is 386. The van der Waals surface area contributed by atoms with E-state index >= 15 is 0 Å². The molecule has 0 spiro atoms. The van der Waals surface area contributed by atoms with Crippen molar-refractivity contribution in [2.45, 2.75) is 18.9 Å². The Kier molecular flexibility index (Phi) is 3.10. The van der Waals surface area contributed by atoms with Gasteiger partial charge < -0.3 is 15.7 Å². The molecular weight excluding hydrogens is 204 g/mol. The summed E-state index contributed by atoms with van der Waals surface area (Å²) in [4.78, 5) is 13.3. The zero-order chi connectivity index (χ0) is 11.5. The number of amides is 1. The summed E-state index contributed by atoms with van der Waals surface area (Å²) in [6.45, 7) is 0.964. The standard InChI is InChI=1S/C12H16N2O2/c13-10-3-1-2-9(6-10)4-5-12(16)14-7-11(15)8-14/h1-3,6,11,15H,4-5,7-8,13H2. The fourth-order valence-electron chi connectivity index (χ4n) is 1.82. The van der Waals surface area contributed by atoms with Crippen LogP contribution in [0.2, 0.25) is 0 Å². The number of carbonyl (C=O) groups is 1. The van der Waals surface area contributed by atoms with Gasteiger partial charge in [0, 0.05) is 25.2 Å². The van der Waals surface area contributed by atoms with Gasteiger partial charge in [-0.2, -0.15) is 0 Å². The second-order valence-corrected chi connectivity index (χ2v) is 4.20. The number of likely N-dealkylation sites (tertiary alicyclic amines) is 1. The van der Waals surface area contributed by atoms with Crippen LogP contribution in [-0.2, 0) is 11.2 Å². The van der Waals surface area contributed by atoms with Crippen molar-refractivity contribution >= 4 is 11.6 Å². The molecule has 0 atom stereocenters. The number of aliphatic hydroxyl groups is 1. The van der Waals surface area contributed by atoms with Gasteiger partial charge in [-0.3, -0.25) is 4.79 Å². The first kappa shape index (κ1) is 11.0. The average molecular weight is 220 g/mol. The number of nitrogen functional groups attached to an aromatic ring is 1. The number of nitrogens with two attached hydrogens (primary N) is 1. The molecule has 1 aromatic carbocycles. The van der Waals surface area contributed by atoms with Crippen LogP contribution in [0.3, 0.4) is 0 Å². The minimum Gasteiger partial charge on any atom is -0.399 e. The van der Waals surface area contributed by atoms with E-state index in [0.717, 1.165) is 11.3 Å². The van der Waals surface area contributed by atoms with Gasteiger partial charge in [0.15, 0.2) is 0 Å². The number of nitrogens with zero attached hydrogens (tertiary/aromatic N) is 1. The summed E-state index contributed by atoms with van der Waals surface area (Å²) in [5.74, 6) is 0.104. The van der Waals surface area contributed by atoms with Crippen molar-refractivity contribution in [1.82, 2.24) is 4.90 Å². The number of hydrogen-bond acceptors (Lipinski definition) is 3. The topological polar surface area (TPSA) is 66.6 Å². The van der Waals surface area contributed by atoms with Gasteiger partial charge in [0.25, 0.3) is 0 Å². The fourth-order valence-corrected chi connectivity index (χ4v) is 1.82. The Balaban J connectivity index is 1.81. The molecule has 2 rings (SSSR count). The zero-order valence-corrected chi connectivity index (χ0v) is 9.10. The van der Waals surface area contributed by atoms with Crippen LogP contribution >= 0.6 is 0 Å². The van der Waals surface area contributed by atoms with Gasteiger partial charge in [0.05, 0.1) is 6.10 Å². The monoisotopic (exact) mass is 220 g/mol. The molecule has 4 nitrogen and oxygen atoms in total. The van der Waals surface area contributed by atoms with Crippen molar-refractivity contribution in [2.24, 2.45) is 0 Å². The molecule has 0 radical (unpaired) electrons. The maximum absolute atomic E-state index is 11.6. The Morgan fingerprint density at radius 3 is 2.88 bits per heavy atom. The molecule has 4 heteroatoms. The number of hydrogen-bond donors (Lipinski definition) is 2. The second kappa shape index (κ2) is 4.53. The van der Waals surface area contributed by atoms with Gasteiger partial charge in [-0.05, 0) is 24.1 Å². The minimum atomic E-state index is -0.323. The summed E-state index contributed by atoms with van der Waals surface area (Å²) in [7, 11) is 0. The van der Waals surface area contributed by atoms with Gasteiger partial charge in [0.2, 0.25) is 5.91 Å². The third-order valence-corrected chi connectivity index (χ3v) is 2.79. The maximum atomic E-state index is 11.6. The van der Waals surface area contributed by atoms with Crippen LogP contribution in [0.1, 0.15) is 12.0 Å². The zero-order valence-electron chi connectivity index (χ0n) is 9.10. The van der Waals surface area contributed by atoms with Gasteiger partial charge >= 0.3 is 0 Å². The molecule has 0 aliphatic carbocycles. The predicted octanol–water partition coefficient (Wildman–Crippen LogP) is 0.404. The predicted molar refractivity (Wildman–Crippen MR) is 61.8 cm³/mol. The first-order chi connectivity index (χ1) is 7.65. The Labute approximate surface area is 94.7 Å². The van der Waals surface area contributed by atoms with E-state index in [1.165, 1.54) is 0 Å². The largest absolute Gasteiger partial charge is 0.399 e. The number of benzene rings is 1. The van der Waals surface area contributed by atoms with E-state index in [4.69, 9.17) is 10.8 Å². The lowest BCUT2D eigenvalue weighted by molar-refractivity contribution is -0.141. The Morgan fingerprint density at radius 2 is 2.25 bits per heavy atom. The molecular formula is C12H16N2O2. The van der Waals surface area contributed by atoms with E-state index in [0.29, 0.717) is 25.9 Å². The third-order valence-electron chi connectivity index (χ3n) is 2.79. The number of aryl methyl sites for hydroxylation is 1. The molecule has 0 aromatic heterocycles. The first-order valence-corrected chi connectivity index (χ1v) is 5.45. The molecule has 0 saturated carbocycles. The highest BCUT2D eigenvalue weighted by atomic mass is 16.3. The summed E-state index contributed by atoms with van der Waals surface area (Å²) in [5, 5.41) is 9.08. The van der Waals surface area contributed by atoms with Crippen molar-refractivity contribution < 1.29 is 9.90 Å². The van der Waals surface area contributed by atoms with Crippen LogP contribution in [-0.4, -0.2) is 35.1 Å². The highest BCUT2D eigenvalue weighted by Crippen LogP contribution is 2.13. The smallest absolute Gasteiger partial charge is 0.223 e. The van der Waals surface area contributed by atoms with Crippen molar-refractivity contribution in [3.63, 3.8) is 0 Å². The molecule has 1 aliphatic rings. The van der Waals surface area contributed by atoms with Gasteiger partial charge in [-0.15, -0.1) is 0 Å². The summed E-state index contributed by atoms with van der Waals surface area (Å²) >= 11 is 0. The molecule has 1 amide bonds. The molecule has 1 aromatic rings. The summed E-state index contributed by atoms with van der Waals surface area (Å²) in [6.07, 6.45) is 0.864.